The van der Waals surface area contributed by atoms with Crippen LogP contribution in [0.3, 0.4) is 0 Å². The molecule has 0 saturated carbocycles. The minimum Gasteiger partial charge on any atom is -0.299 e. The molecule has 0 aromatic carbocycles. The Kier molecular flexibility index (Phi) is 7.70. The standard InChI is InChI=1S/C25H30N2O/c1-6-21(15-24(28)7-2)25-13-17(3)12-20(14-23(25)16-26)9-11-22-10-8-18(4)27-19(22)5/h6,8,10,12,14H,7,9,11,13,15H2,1-5H3/b21-6-. The van der Waals surface area contributed by atoms with Crippen LogP contribution in [0.1, 0.15) is 63.4 Å². The lowest BCUT2D eigenvalue weighted by Gasteiger charge is -2.12. The van der Waals surface area contributed by atoms with Crippen molar-refractivity contribution in [3.63, 3.8) is 0 Å². The maximum Gasteiger partial charge on any atom is 0.136 e. The van der Waals surface area contributed by atoms with Gasteiger partial charge in [-0.05, 0) is 81.4 Å². The van der Waals surface area contributed by atoms with E-state index in [1.807, 2.05) is 45.9 Å². The monoisotopic (exact) mass is 374 g/mol. The number of aromatic nitrogens is 1. The molecule has 28 heavy (non-hydrogen) atoms. The Labute approximate surface area is 169 Å². The maximum atomic E-state index is 12.0. The van der Waals surface area contributed by atoms with Crippen LogP contribution in [0.15, 0.2) is 58.2 Å². The van der Waals surface area contributed by atoms with E-state index in [-0.39, 0.29) is 5.78 Å². The van der Waals surface area contributed by atoms with Crippen LogP contribution in [0.4, 0.5) is 0 Å². The molecule has 3 heteroatoms. The van der Waals surface area contributed by atoms with E-state index in [1.165, 1.54) is 11.1 Å². The average molecular weight is 375 g/mol. The minimum absolute atomic E-state index is 0.204. The molecule has 0 bridgehead atoms. The van der Waals surface area contributed by atoms with Gasteiger partial charge in [-0.25, -0.2) is 0 Å². The quantitative estimate of drug-likeness (QED) is 0.584. The molecule has 2 rings (SSSR count). The highest BCUT2D eigenvalue weighted by molar-refractivity contribution is 5.82. The second-order valence-electron chi connectivity index (χ2n) is 7.47. The number of nitrogens with zero attached hydrogens (tertiary/aromatic N) is 2. The first-order chi connectivity index (χ1) is 13.4. The Morgan fingerprint density at radius 1 is 1.21 bits per heavy atom. The highest BCUT2D eigenvalue weighted by Gasteiger charge is 2.17. The molecule has 1 aromatic rings. The third kappa shape index (κ3) is 5.63. The summed E-state index contributed by atoms with van der Waals surface area (Å²) >= 11 is 0. The molecule has 0 unspecified atom stereocenters. The lowest BCUT2D eigenvalue weighted by atomic mass is 9.91. The van der Waals surface area contributed by atoms with Crippen LogP contribution in [0.5, 0.6) is 0 Å². The molecule has 0 aliphatic heterocycles. The summed E-state index contributed by atoms with van der Waals surface area (Å²) in [5.41, 5.74) is 8.36. The molecule has 3 nitrogen and oxygen atoms in total. The van der Waals surface area contributed by atoms with Crippen molar-refractivity contribution in [3.8, 4) is 6.07 Å². The Morgan fingerprint density at radius 3 is 2.57 bits per heavy atom. The Hall–Kier alpha value is -2.73. The van der Waals surface area contributed by atoms with Crippen molar-refractivity contribution in [2.24, 2.45) is 0 Å². The second-order valence-corrected chi connectivity index (χ2v) is 7.47. The summed E-state index contributed by atoms with van der Waals surface area (Å²) in [4.78, 5) is 16.5. The largest absolute Gasteiger partial charge is 0.299 e. The molecular formula is C25H30N2O. The smallest absolute Gasteiger partial charge is 0.136 e. The number of Topliss-reactive ketones (excluding diaryl/α,β-unsaturated/α-hetero) is 1. The van der Waals surface area contributed by atoms with Gasteiger partial charge in [0.1, 0.15) is 5.78 Å². The summed E-state index contributed by atoms with van der Waals surface area (Å²) < 4.78 is 0. The van der Waals surface area contributed by atoms with Gasteiger partial charge >= 0.3 is 0 Å². The van der Waals surface area contributed by atoms with Gasteiger partial charge in [0.15, 0.2) is 0 Å². The van der Waals surface area contributed by atoms with Gasteiger partial charge in [-0.2, -0.15) is 5.26 Å². The van der Waals surface area contributed by atoms with E-state index in [4.69, 9.17) is 0 Å². The van der Waals surface area contributed by atoms with Crippen LogP contribution in [0, 0.1) is 25.2 Å². The van der Waals surface area contributed by atoms with Gasteiger partial charge in [0.05, 0.1) is 11.6 Å². The number of pyridine rings is 1. The third-order valence-electron chi connectivity index (χ3n) is 5.20. The van der Waals surface area contributed by atoms with Crippen molar-refractivity contribution in [1.29, 1.82) is 5.26 Å². The summed E-state index contributed by atoms with van der Waals surface area (Å²) in [5, 5.41) is 9.79. The number of aryl methyl sites for hydroxylation is 3. The number of carbonyl (C=O) groups excluding carboxylic acids is 1. The molecule has 0 fully saturated rings. The van der Waals surface area contributed by atoms with Crippen LogP contribution < -0.4 is 0 Å². The van der Waals surface area contributed by atoms with E-state index in [0.717, 1.165) is 40.9 Å². The summed E-state index contributed by atoms with van der Waals surface area (Å²) in [6.07, 6.45) is 9.57. The van der Waals surface area contributed by atoms with Crippen molar-refractivity contribution in [1.82, 2.24) is 4.98 Å². The fourth-order valence-corrected chi connectivity index (χ4v) is 3.57. The molecular weight excluding hydrogens is 344 g/mol. The Bertz CT molecular complexity index is 920. The molecule has 146 valence electrons. The highest BCUT2D eigenvalue weighted by atomic mass is 16.1. The van der Waals surface area contributed by atoms with Gasteiger partial charge < -0.3 is 0 Å². The van der Waals surface area contributed by atoms with Gasteiger partial charge in [-0.1, -0.05) is 30.7 Å². The molecule has 0 atom stereocenters. The minimum atomic E-state index is 0.204. The predicted molar refractivity (Wildman–Crippen MR) is 115 cm³/mol. The van der Waals surface area contributed by atoms with E-state index in [1.54, 1.807) is 0 Å². The number of hydrogen-bond donors (Lipinski definition) is 0. The highest BCUT2D eigenvalue weighted by Crippen LogP contribution is 2.31. The summed E-state index contributed by atoms with van der Waals surface area (Å²) in [5.74, 6) is 0.204. The van der Waals surface area contributed by atoms with E-state index < -0.39 is 0 Å². The number of allylic oxidation sites excluding steroid dienone is 8. The maximum absolute atomic E-state index is 12.0. The Morgan fingerprint density at radius 2 is 1.96 bits per heavy atom. The van der Waals surface area contributed by atoms with E-state index in [2.05, 4.69) is 30.1 Å². The zero-order valence-corrected chi connectivity index (χ0v) is 17.7. The van der Waals surface area contributed by atoms with Crippen LogP contribution in [-0.2, 0) is 11.2 Å². The van der Waals surface area contributed by atoms with Crippen LogP contribution >= 0.6 is 0 Å². The number of rotatable bonds is 7. The predicted octanol–water partition coefficient (Wildman–Crippen LogP) is 6.04. The second kappa shape index (κ2) is 9.99. The van der Waals surface area contributed by atoms with Gasteiger partial charge in [0.2, 0.25) is 0 Å². The fourth-order valence-electron chi connectivity index (χ4n) is 3.57. The molecule has 0 amide bonds. The van der Waals surface area contributed by atoms with Crippen LogP contribution in [-0.4, -0.2) is 10.8 Å². The number of nitriles is 1. The zero-order chi connectivity index (χ0) is 20.7. The topological polar surface area (TPSA) is 53.8 Å². The molecule has 0 saturated heterocycles. The van der Waals surface area contributed by atoms with Gasteiger partial charge in [-0.15, -0.1) is 0 Å². The molecule has 1 heterocycles. The summed E-state index contributed by atoms with van der Waals surface area (Å²) in [6.45, 7) is 9.98. The number of carbonyl (C=O) groups is 1. The van der Waals surface area contributed by atoms with Gasteiger partial charge in [0, 0.05) is 24.2 Å². The molecule has 0 N–H and O–H groups in total. The Balaban J connectivity index is 2.31. The van der Waals surface area contributed by atoms with Crippen molar-refractivity contribution in [2.75, 3.05) is 0 Å². The van der Waals surface area contributed by atoms with Crippen molar-refractivity contribution in [3.05, 3.63) is 75.2 Å². The molecule has 1 aromatic heterocycles. The van der Waals surface area contributed by atoms with E-state index >= 15 is 0 Å². The van der Waals surface area contributed by atoms with Crippen molar-refractivity contribution in [2.45, 2.75) is 66.7 Å². The number of hydrogen-bond acceptors (Lipinski definition) is 3. The first-order valence-electron chi connectivity index (χ1n) is 9.99. The lowest BCUT2D eigenvalue weighted by molar-refractivity contribution is -0.118. The van der Waals surface area contributed by atoms with E-state index in [0.29, 0.717) is 24.8 Å². The molecule has 1 aliphatic carbocycles. The first-order valence-corrected chi connectivity index (χ1v) is 9.99. The molecule has 0 radical (unpaired) electrons. The van der Waals surface area contributed by atoms with E-state index in [9.17, 15) is 10.1 Å². The number of ketones is 1. The average Bonchev–Trinajstić information content (AvgIpc) is 2.83. The van der Waals surface area contributed by atoms with Crippen molar-refractivity contribution < 1.29 is 4.79 Å². The first kappa shape index (κ1) is 21.6. The molecule has 1 aliphatic rings. The SMILES string of the molecule is C/C=C(/CC(=O)CC)C1=C(C#N)C=C(CCc2ccc(C)nc2C)C=C(C)C1. The van der Waals surface area contributed by atoms with Crippen LogP contribution in [0.2, 0.25) is 0 Å². The zero-order valence-electron chi connectivity index (χ0n) is 17.7. The van der Waals surface area contributed by atoms with Crippen molar-refractivity contribution >= 4 is 5.78 Å². The summed E-state index contributed by atoms with van der Waals surface area (Å²) in [7, 11) is 0. The van der Waals surface area contributed by atoms with Crippen LogP contribution in [0.25, 0.3) is 0 Å². The van der Waals surface area contributed by atoms with Gasteiger partial charge in [-0.3, -0.25) is 9.78 Å². The lowest BCUT2D eigenvalue weighted by Crippen LogP contribution is -2.02. The third-order valence-corrected chi connectivity index (χ3v) is 5.20. The summed E-state index contributed by atoms with van der Waals surface area (Å²) in [6, 6.07) is 6.57. The fraction of sp³-hybridized carbons (Fsp3) is 0.400. The normalized spacial score (nSPS) is 14.9. The molecule has 0 spiro atoms. The van der Waals surface area contributed by atoms with Gasteiger partial charge in [0.25, 0.3) is 0 Å².